The predicted octanol–water partition coefficient (Wildman–Crippen LogP) is 2.99. The summed E-state index contributed by atoms with van der Waals surface area (Å²) in [6.07, 6.45) is 0.161. The number of carbonyl (C=O) groups is 1. The van der Waals surface area contributed by atoms with Crippen LogP contribution in [0.25, 0.3) is 0 Å². The van der Waals surface area contributed by atoms with Gasteiger partial charge in [-0.15, -0.1) is 11.3 Å². The van der Waals surface area contributed by atoms with E-state index in [-0.39, 0.29) is 24.1 Å². The van der Waals surface area contributed by atoms with E-state index in [1.54, 1.807) is 18.2 Å². The molecule has 1 amide bonds. The Morgan fingerprint density at radius 3 is 2.86 bits per heavy atom. The average molecular weight is 319 g/mol. The second kappa shape index (κ2) is 6.89. The lowest BCUT2D eigenvalue weighted by molar-refractivity contribution is -0.115. The summed E-state index contributed by atoms with van der Waals surface area (Å²) in [5.74, 6) is 0.146. The molecule has 0 aliphatic heterocycles. The fourth-order valence-corrected chi connectivity index (χ4v) is 2.94. The van der Waals surface area contributed by atoms with Crippen LogP contribution in [0.3, 0.4) is 0 Å². The van der Waals surface area contributed by atoms with Crippen LogP contribution in [0.2, 0.25) is 0 Å². The van der Waals surface area contributed by atoms with Crippen molar-refractivity contribution in [3.8, 4) is 5.75 Å². The SMILES string of the molecule is Cc1ccc(O)c(NC(=O)Cc2csc(C(N)C(C)C)n2)c1. The summed E-state index contributed by atoms with van der Waals surface area (Å²) in [4.78, 5) is 16.5. The molecule has 0 spiro atoms. The van der Waals surface area contributed by atoms with Gasteiger partial charge in [0.25, 0.3) is 0 Å². The van der Waals surface area contributed by atoms with Crippen molar-refractivity contribution in [3.63, 3.8) is 0 Å². The number of phenolic OH excluding ortho intramolecular Hbond substituents is 1. The number of thiazole rings is 1. The van der Waals surface area contributed by atoms with Gasteiger partial charge in [-0.05, 0) is 30.5 Å². The van der Waals surface area contributed by atoms with Crippen LogP contribution in [0.4, 0.5) is 5.69 Å². The van der Waals surface area contributed by atoms with Gasteiger partial charge < -0.3 is 16.2 Å². The smallest absolute Gasteiger partial charge is 0.230 e. The Morgan fingerprint density at radius 2 is 2.18 bits per heavy atom. The van der Waals surface area contributed by atoms with Gasteiger partial charge in [0.05, 0.1) is 23.8 Å². The first-order valence-corrected chi connectivity index (χ1v) is 8.04. The number of aromatic hydroxyl groups is 1. The van der Waals surface area contributed by atoms with Crippen LogP contribution in [0, 0.1) is 12.8 Å². The molecule has 6 heteroatoms. The first-order chi connectivity index (χ1) is 10.4. The summed E-state index contributed by atoms with van der Waals surface area (Å²) in [6, 6.07) is 4.97. The zero-order valence-electron chi connectivity index (χ0n) is 13.0. The minimum absolute atomic E-state index is 0.0553. The molecule has 22 heavy (non-hydrogen) atoms. The number of phenols is 1. The van der Waals surface area contributed by atoms with E-state index in [4.69, 9.17) is 5.73 Å². The number of benzene rings is 1. The molecule has 1 unspecified atom stereocenters. The third-order valence-electron chi connectivity index (χ3n) is 3.34. The first kappa shape index (κ1) is 16.5. The Labute approximate surface area is 134 Å². The molecule has 0 saturated carbocycles. The maximum Gasteiger partial charge on any atom is 0.230 e. The quantitative estimate of drug-likeness (QED) is 0.739. The number of aromatic nitrogens is 1. The second-order valence-corrected chi connectivity index (χ2v) is 6.58. The van der Waals surface area contributed by atoms with E-state index in [0.717, 1.165) is 10.6 Å². The number of nitrogens with two attached hydrogens (primary N) is 1. The molecule has 1 aromatic heterocycles. The Hall–Kier alpha value is -1.92. The Kier molecular flexibility index (Phi) is 5.15. The van der Waals surface area contributed by atoms with E-state index in [9.17, 15) is 9.90 Å². The number of amides is 1. The van der Waals surface area contributed by atoms with E-state index in [1.807, 2.05) is 26.2 Å². The molecule has 5 nitrogen and oxygen atoms in total. The Bertz CT molecular complexity index is 667. The molecule has 0 fully saturated rings. The maximum atomic E-state index is 12.1. The number of anilines is 1. The van der Waals surface area contributed by atoms with Gasteiger partial charge in [0.1, 0.15) is 10.8 Å². The van der Waals surface area contributed by atoms with Crippen molar-refractivity contribution in [2.45, 2.75) is 33.2 Å². The number of carbonyl (C=O) groups excluding carboxylic acids is 1. The summed E-state index contributed by atoms with van der Waals surface area (Å²) in [5, 5.41) is 15.1. The Morgan fingerprint density at radius 1 is 1.45 bits per heavy atom. The molecule has 2 rings (SSSR count). The van der Waals surface area contributed by atoms with Crippen molar-refractivity contribution in [1.29, 1.82) is 0 Å². The number of nitrogens with zero attached hydrogens (tertiary/aromatic N) is 1. The molecule has 0 aliphatic rings. The van der Waals surface area contributed by atoms with E-state index < -0.39 is 0 Å². The summed E-state index contributed by atoms with van der Waals surface area (Å²) in [6.45, 7) is 5.98. The van der Waals surface area contributed by atoms with Crippen LogP contribution in [-0.4, -0.2) is 16.0 Å². The van der Waals surface area contributed by atoms with Gasteiger partial charge in [-0.1, -0.05) is 19.9 Å². The van der Waals surface area contributed by atoms with Gasteiger partial charge >= 0.3 is 0 Å². The van der Waals surface area contributed by atoms with Crippen molar-refractivity contribution in [2.75, 3.05) is 5.32 Å². The van der Waals surface area contributed by atoms with Crippen LogP contribution in [-0.2, 0) is 11.2 Å². The number of aryl methyl sites for hydroxylation is 1. The summed E-state index contributed by atoms with van der Waals surface area (Å²) >= 11 is 1.47. The third kappa shape index (κ3) is 4.05. The van der Waals surface area contributed by atoms with Crippen LogP contribution >= 0.6 is 11.3 Å². The molecule has 1 atom stereocenters. The van der Waals surface area contributed by atoms with Crippen molar-refractivity contribution in [2.24, 2.45) is 11.7 Å². The third-order valence-corrected chi connectivity index (χ3v) is 4.34. The molecule has 0 bridgehead atoms. The van der Waals surface area contributed by atoms with Crippen molar-refractivity contribution in [3.05, 3.63) is 39.8 Å². The maximum absolute atomic E-state index is 12.1. The van der Waals surface area contributed by atoms with Crippen molar-refractivity contribution in [1.82, 2.24) is 4.98 Å². The highest BCUT2D eigenvalue weighted by molar-refractivity contribution is 7.09. The van der Waals surface area contributed by atoms with Gasteiger partial charge in [0.2, 0.25) is 5.91 Å². The number of nitrogens with one attached hydrogen (secondary N) is 1. The molecule has 0 aliphatic carbocycles. The largest absolute Gasteiger partial charge is 0.506 e. The highest BCUT2D eigenvalue weighted by Crippen LogP contribution is 2.25. The summed E-state index contributed by atoms with van der Waals surface area (Å²) in [7, 11) is 0. The Balaban J connectivity index is 2.02. The lowest BCUT2D eigenvalue weighted by atomic mass is 10.1. The lowest BCUT2D eigenvalue weighted by Gasteiger charge is -2.11. The van der Waals surface area contributed by atoms with E-state index in [0.29, 0.717) is 17.3 Å². The highest BCUT2D eigenvalue weighted by Gasteiger charge is 2.16. The van der Waals surface area contributed by atoms with Gasteiger partial charge in [-0.25, -0.2) is 4.98 Å². The van der Waals surface area contributed by atoms with Gasteiger partial charge in [-0.3, -0.25) is 4.79 Å². The first-order valence-electron chi connectivity index (χ1n) is 7.16. The monoisotopic (exact) mass is 319 g/mol. The molecule has 118 valence electrons. The van der Waals surface area contributed by atoms with Gasteiger partial charge in [0, 0.05) is 5.38 Å². The highest BCUT2D eigenvalue weighted by atomic mass is 32.1. The van der Waals surface area contributed by atoms with Crippen LogP contribution in [0.1, 0.15) is 36.2 Å². The molecule has 0 saturated heterocycles. The molecule has 1 aromatic carbocycles. The van der Waals surface area contributed by atoms with E-state index in [2.05, 4.69) is 10.3 Å². The number of hydrogen-bond donors (Lipinski definition) is 3. The zero-order valence-corrected chi connectivity index (χ0v) is 13.8. The predicted molar refractivity (Wildman–Crippen MR) is 89.1 cm³/mol. The standard InChI is InChI=1S/C16H21N3O2S/c1-9(2)15(17)16-18-11(8-22-16)7-14(21)19-12-6-10(3)4-5-13(12)20/h4-6,8-9,15,20H,7,17H2,1-3H3,(H,19,21). The number of hydrogen-bond acceptors (Lipinski definition) is 5. The zero-order chi connectivity index (χ0) is 16.3. The van der Waals surface area contributed by atoms with E-state index >= 15 is 0 Å². The minimum atomic E-state index is -0.212. The van der Waals surface area contributed by atoms with Crippen LogP contribution < -0.4 is 11.1 Å². The molecule has 2 aromatic rings. The summed E-state index contributed by atoms with van der Waals surface area (Å²) in [5.41, 5.74) is 8.13. The molecule has 1 heterocycles. The molecular weight excluding hydrogens is 298 g/mol. The second-order valence-electron chi connectivity index (χ2n) is 5.69. The van der Waals surface area contributed by atoms with Gasteiger partial charge in [0.15, 0.2) is 0 Å². The van der Waals surface area contributed by atoms with E-state index in [1.165, 1.54) is 11.3 Å². The fraction of sp³-hybridized carbons (Fsp3) is 0.375. The topological polar surface area (TPSA) is 88.2 Å². The summed E-state index contributed by atoms with van der Waals surface area (Å²) < 4.78 is 0. The molecular formula is C16H21N3O2S. The molecule has 4 N–H and O–H groups in total. The number of rotatable bonds is 5. The average Bonchev–Trinajstić information content (AvgIpc) is 2.90. The fourth-order valence-electron chi connectivity index (χ4n) is 1.95. The van der Waals surface area contributed by atoms with Gasteiger partial charge in [-0.2, -0.15) is 0 Å². The van der Waals surface area contributed by atoms with Crippen molar-refractivity contribution >= 4 is 22.9 Å². The van der Waals surface area contributed by atoms with Crippen LogP contribution in [0.15, 0.2) is 23.6 Å². The normalized spacial score (nSPS) is 12.4. The lowest BCUT2D eigenvalue weighted by Crippen LogP contribution is -2.17. The van der Waals surface area contributed by atoms with Crippen molar-refractivity contribution < 1.29 is 9.90 Å². The van der Waals surface area contributed by atoms with Crippen LogP contribution in [0.5, 0.6) is 5.75 Å². The minimum Gasteiger partial charge on any atom is -0.506 e. The molecule has 0 radical (unpaired) electrons.